The fraction of sp³-hybridized carbons (Fsp3) is 0.278. The van der Waals surface area contributed by atoms with E-state index >= 15 is 0 Å². The Bertz CT molecular complexity index is 938. The number of hydrogen-bond acceptors (Lipinski definition) is 5. The number of aliphatic imine (C=N–C) groups is 1. The lowest BCUT2D eigenvalue weighted by molar-refractivity contribution is -0.141. The number of aromatic nitrogens is 1. The van der Waals surface area contributed by atoms with Crippen molar-refractivity contribution in [1.82, 2.24) is 4.57 Å². The van der Waals surface area contributed by atoms with Gasteiger partial charge in [0.25, 0.3) is 0 Å². The lowest BCUT2D eigenvalue weighted by atomic mass is 10.0. The molecule has 0 bridgehead atoms. The minimum Gasteiger partial charge on any atom is -0.493 e. The lowest BCUT2D eigenvalue weighted by Crippen LogP contribution is -2.20. The van der Waals surface area contributed by atoms with Crippen molar-refractivity contribution in [2.24, 2.45) is 10.9 Å². The van der Waals surface area contributed by atoms with E-state index in [0.29, 0.717) is 15.3 Å². The van der Waals surface area contributed by atoms with Gasteiger partial charge in [-0.25, -0.2) is 4.79 Å². The van der Waals surface area contributed by atoms with Crippen LogP contribution < -0.4 is 0 Å². The molecule has 5 nitrogen and oxygen atoms in total. The molecule has 25 heavy (non-hydrogen) atoms. The van der Waals surface area contributed by atoms with E-state index in [1.165, 1.54) is 15.9 Å². The molecule has 3 rings (SSSR count). The third-order valence-corrected chi connectivity index (χ3v) is 5.32. The number of fused-ring (bicyclic) bond motifs is 1. The van der Waals surface area contributed by atoms with E-state index in [1.54, 1.807) is 12.3 Å². The molecule has 1 atom stereocenters. The molecule has 0 saturated carbocycles. The Morgan fingerprint density at radius 1 is 1.40 bits per heavy atom. The SMILES string of the molecule is CC(C)CC(C(=O)O)n1c(O)c(/C=C2/C=Nc3ccccc32)sc1=S. The van der Waals surface area contributed by atoms with Crippen molar-refractivity contribution in [3.8, 4) is 5.88 Å². The van der Waals surface area contributed by atoms with Crippen LogP contribution in [0.3, 0.4) is 0 Å². The first-order chi connectivity index (χ1) is 11.9. The van der Waals surface area contributed by atoms with E-state index < -0.39 is 12.0 Å². The van der Waals surface area contributed by atoms with Crippen molar-refractivity contribution in [2.45, 2.75) is 26.3 Å². The number of benzene rings is 1. The Morgan fingerprint density at radius 2 is 2.12 bits per heavy atom. The molecule has 0 saturated heterocycles. The number of thiazole rings is 1. The van der Waals surface area contributed by atoms with Crippen molar-refractivity contribution >= 4 is 53.1 Å². The van der Waals surface area contributed by atoms with Gasteiger partial charge in [0.1, 0.15) is 6.04 Å². The Hall–Kier alpha value is -2.25. The summed E-state index contributed by atoms with van der Waals surface area (Å²) in [5.41, 5.74) is 2.72. The minimum absolute atomic E-state index is 0.103. The van der Waals surface area contributed by atoms with Crippen molar-refractivity contribution in [3.05, 3.63) is 38.7 Å². The van der Waals surface area contributed by atoms with Gasteiger partial charge < -0.3 is 10.2 Å². The van der Waals surface area contributed by atoms with Gasteiger partial charge in [-0.05, 0) is 36.7 Å². The molecule has 2 heterocycles. The van der Waals surface area contributed by atoms with Gasteiger partial charge in [0, 0.05) is 17.4 Å². The average Bonchev–Trinajstić information content (AvgIpc) is 3.07. The number of hydrogen-bond donors (Lipinski definition) is 2. The minimum atomic E-state index is -0.995. The summed E-state index contributed by atoms with van der Waals surface area (Å²) in [5, 5.41) is 20.1. The molecule has 0 fully saturated rings. The predicted octanol–water partition coefficient (Wildman–Crippen LogP) is 4.91. The van der Waals surface area contributed by atoms with Gasteiger partial charge in [-0.15, -0.1) is 11.3 Å². The molecule has 130 valence electrons. The summed E-state index contributed by atoms with van der Waals surface area (Å²) in [6, 6.07) is 6.85. The summed E-state index contributed by atoms with van der Waals surface area (Å²) in [5.74, 6) is -0.934. The number of rotatable bonds is 5. The molecule has 1 aliphatic rings. The zero-order chi connectivity index (χ0) is 18.1. The van der Waals surface area contributed by atoms with E-state index in [2.05, 4.69) is 4.99 Å². The molecule has 1 unspecified atom stereocenters. The zero-order valence-corrected chi connectivity index (χ0v) is 15.5. The molecule has 1 aliphatic heterocycles. The van der Waals surface area contributed by atoms with Gasteiger partial charge in [0.15, 0.2) is 3.95 Å². The topological polar surface area (TPSA) is 74.8 Å². The normalized spacial score (nSPS) is 15.7. The Balaban J connectivity index is 2.04. The molecule has 0 spiro atoms. The molecule has 0 radical (unpaired) electrons. The second-order valence-electron chi connectivity index (χ2n) is 6.28. The van der Waals surface area contributed by atoms with E-state index in [9.17, 15) is 15.0 Å². The number of carboxylic acids is 1. The van der Waals surface area contributed by atoms with Crippen LogP contribution in [0.25, 0.3) is 11.6 Å². The van der Waals surface area contributed by atoms with Gasteiger partial charge in [-0.2, -0.15) is 0 Å². The summed E-state index contributed by atoms with van der Waals surface area (Å²) in [6.07, 6.45) is 3.93. The van der Waals surface area contributed by atoms with Crippen LogP contribution in [0.15, 0.2) is 29.3 Å². The van der Waals surface area contributed by atoms with Gasteiger partial charge in [-0.1, -0.05) is 32.0 Å². The first-order valence-corrected chi connectivity index (χ1v) is 9.13. The van der Waals surface area contributed by atoms with Gasteiger partial charge in [0.2, 0.25) is 5.88 Å². The molecule has 1 aromatic carbocycles. The monoisotopic (exact) mass is 374 g/mol. The quantitative estimate of drug-likeness (QED) is 0.729. The predicted molar refractivity (Wildman–Crippen MR) is 103 cm³/mol. The summed E-state index contributed by atoms with van der Waals surface area (Å²) in [7, 11) is 0. The van der Waals surface area contributed by atoms with E-state index in [-0.39, 0.29) is 11.8 Å². The molecule has 0 aliphatic carbocycles. The van der Waals surface area contributed by atoms with Crippen molar-refractivity contribution in [2.75, 3.05) is 0 Å². The summed E-state index contributed by atoms with van der Waals surface area (Å²) >= 11 is 6.52. The Labute approximate surface area is 154 Å². The van der Waals surface area contributed by atoms with Crippen molar-refractivity contribution in [1.29, 1.82) is 0 Å². The van der Waals surface area contributed by atoms with E-state index in [1.807, 2.05) is 38.1 Å². The first-order valence-electron chi connectivity index (χ1n) is 7.90. The molecule has 0 amide bonds. The molecular formula is C18H18N2O3S2. The number of aliphatic carboxylic acids is 1. The van der Waals surface area contributed by atoms with E-state index in [0.717, 1.165) is 16.8 Å². The van der Waals surface area contributed by atoms with Crippen LogP contribution in [0.5, 0.6) is 5.88 Å². The maximum Gasteiger partial charge on any atom is 0.326 e. The summed E-state index contributed by atoms with van der Waals surface area (Å²) < 4.78 is 1.69. The van der Waals surface area contributed by atoms with Crippen LogP contribution >= 0.6 is 23.6 Å². The molecule has 1 aromatic heterocycles. The van der Waals surface area contributed by atoms with Crippen LogP contribution in [0.2, 0.25) is 0 Å². The highest BCUT2D eigenvalue weighted by atomic mass is 32.1. The highest BCUT2D eigenvalue weighted by Crippen LogP contribution is 2.37. The second kappa shape index (κ2) is 6.93. The molecule has 2 N–H and O–H groups in total. The third-order valence-electron chi connectivity index (χ3n) is 3.98. The Morgan fingerprint density at radius 3 is 2.80 bits per heavy atom. The zero-order valence-electron chi connectivity index (χ0n) is 13.8. The number of para-hydroxylation sites is 1. The molecular weight excluding hydrogens is 356 g/mol. The maximum absolute atomic E-state index is 11.6. The fourth-order valence-corrected chi connectivity index (χ4v) is 4.18. The standard InChI is InChI=1S/C18H18N2O3S2/c1-10(2)7-14(17(22)23)20-16(21)15(25-18(20)24)8-11-9-19-13-6-4-3-5-12(11)13/h3-6,8-10,14,21H,7H2,1-2H3,(H,22,23)/b11-8-. The lowest BCUT2D eigenvalue weighted by Gasteiger charge is -2.17. The van der Waals surface area contributed by atoms with Crippen molar-refractivity contribution < 1.29 is 15.0 Å². The van der Waals surface area contributed by atoms with Gasteiger partial charge in [0.05, 0.1) is 10.6 Å². The smallest absolute Gasteiger partial charge is 0.326 e. The van der Waals surface area contributed by atoms with Crippen molar-refractivity contribution in [3.63, 3.8) is 0 Å². The van der Waals surface area contributed by atoms with Crippen LogP contribution in [-0.2, 0) is 4.79 Å². The highest BCUT2D eigenvalue weighted by molar-refractivity contribution is 7.73. The largest absolute Gasteiger partial charge is 0.493 e. The second-order valence-corrected chi connectivity index (χ2v) is 7.96. The fourth-order valence-electron chi connectivity index (χ4n) is 2.82. The number of nitrogens with zero attached hydrogens (tertiary/aromatic N) is 2. The molecule has 2 aromatic rings. The maximum atomic E-state index is 11.6. The number of allylic oxidation sites excluding steroid dienone is 1. The first kappa shape index (κ1) is 17.6. The van der Waals surface area contributed by atoms with E-state index in [4.69, 9.17) is 12.2 Å². The van der Waals surface area contributed by atoms with Gasteiger partial charge >= 0.3 is 5.97 Å². The van der Waals surface area contributed by atoms with Crippen LogP contribution in [-0.4, -0.2) is 27.0 Å². The number of carboxylic acid groups (broad SMARTS) is 1. The number of aromatic hydroxyl groups is 1. The van der Waals surface area contributed by atoms with Crippen LogP contribution in [0.1, 0.15) is 36.8 Å². The average molecular weight is 374 g/mol. The van der Waals surface area contributed by atoms with Gasteiger partial charge in [-0.3, -0.25) is 9.56 Å². The third kappa shape index (κ3) is 3.43. The number of carbonyl (C=O) groups is 1. The molecule has 7 heteroatoms. The Kier molecular flexibility index (Phi) is 4.87. The summed E-state index contributed by atoms with van der Waals surface area (Å²) in [4.78, 5) is 16.5. The summed E-state index contributed by atoms with van der Waals surface area (Å²) in [6.45, 7) is 3.88. The van der Waals surface area contributed by atoms with Crippen LogP contribution in [0, 0.1) is 9.87 Å². The van der Waals surface area contributed by atoms with Crippen LogP contribution in [0.4, 0.5) is 5.69 Å². The highest BCUT2D eigenvalue weighted by Gasteiger charge is 2.26.